The standard InChI is InChI=1S/C17H16N2S/c1-13-17(15-10-6-3-7-11-15)19-18-16(20-13)12-14-8-4-2-5-9-14/h2-11,13H,12H2,1H3. The number of hydrogen-bond acceptors (Lipinski definition) is 3. The molecule has 3 rings (SSSR count). The molecule has 20 heavy (non-hydrogen) atoms. The summed E-state index contributed by atoms with van der Waals surface area (Å²) in [6.45, 7) is 2.19. The normalized spacial score (nSPS) is 18.4. The number of hydrogen-bond donors (Lipinski definition) is 0. The Morgan fingerprint density at radius 1 is 0.900 bits per heavy atom. The highest BCUT2D eigenvalue weighted by Gasteiger charge is 2.20. The molecule has 3 heteroatoms. The summed E-state index contributed by atoms with van der Waals surface area (Å²) >= 11 is 1.80. The molecule has 1 aliphatic rings. The molecule has 0 amide bonds. The van der Waals surface area contributed by atoms with Crippen molar-refractivity contribution in [3.05, 3.63) is 71.8 Å². The third-order valence-electron chi connectivity index (χ3n) is 3.23. The summed E-state index contributed by atoms with van der Waals surface area (Å²) in [5, 5.41) is 10.3. The second-order valence-electron chi connectivity index (χ2n) is 4.77. The fourth-order valence-corrected chi connectivity index (χ4v) is 3.26. The van der Waals surface area contributed by atoms with Crippen LogP contribution in [-0.2, 0) is 6.42 Å². The minimum absolute atomic E-state index is 0.341. The molecule has 1 heterocycles. The van der Waals surface area contributed by atoms with Crippen LogP contribution in [0.15, 0.2) is 70.9 Å². The number of thioether (sulfide) groups is 1. The maximum atomic E-state index is 4.44. The number of benzene rings is 2. The van der Waals surface area contributed by atoms with E-state index in [4.69, 9.17) is 0 Å². The van der Waals surface area contributed by atoms with Gasteiger partial charge in [-0.3, -0.25) is 0 Å². The maximum absolute atomic E-state index is 4.44. The molecule has 1 aliphatic heterocycles. The Morgan fingerprint density at radius 3 is 2.20 bits per heavy atom. The van der Waals surface area contributed by atoms with E-state index in [1.54, 1.807) is 11.8 Å². The van der Waals surface area contributed by atoms with Crippen LogP contribution in [0.5, 0.6) is 0 Å². The topological polar surface area (TPSA) is 24.7 Å². The molecular weight excluding hydrogens is 264 g/mol. The van der Waals surface area contributed by atoms with E-state index in [-0.39, 0.29) is 0 Å². The van der Waals surface area contributed by atoms with Crippen molar-refractivity contribution in [2.24, 2.45) is 10.2 Å². The Bertz CT molecular complexity index is 633. The first-order valence-electron chi connectivity index (χ1n) is 6.73. The molecule has 2 aromatic carbocycles. The minimum atomic E-state index is 0.341. The highest BCUT2D eigenvalue weighted by molar-refractivity contribution is 8.15. The van der Waals surface area contributed by atoms with Crippen LogP contribution in [0.25, 0.3) is 0 Å². The lowest BCUT2D eigenvalue weighted by molar-refractivity contribution is 1.15. The van der Waals surface area contributed by atoms with Gasteiger partial charge in [-0.25, -0.2) is 0 Å². The monoisotopic (exact) mass is 280 g/mol. The molecule has 0 saturated carbocycles. The quantitative estimate of drug-likeness (QED) is 0.828. The summed E-state index contributed by atoms with van der Waals surface area (Å²) in [6.07, 6.45) is 0.863. The van der Waals surface area contributed by atoms with E-state index in [1.807, 2.05) is 24.3 Å². The van der Waals surface area contributed by atoms with Gasteiger partial charge in [-0.05, 0) is 18.1 Å². The predicted octanol–water partition coefficient (Wildman–Crippen LogP) is 4.17. The largest absolute Gasteiger partial charge is 0.153 e. The van der Waals surface area contributed by atoms with Crippen molar-refractivity contribution < 1.29 is 0 Å². The van der Waals surface area contributed by atoms with Crippen molar-refractivity contribution in [2.75, 3.05) is 0 Å². The maximum Gasteiger partial charge on any atom is 0.101 e. The Kier molecular flexibility index (Phi) is 3.97. The molecule has 2 aromatic rings. The van der Waals surface area contributed by atoms with Gasteiger partial charge in [-0.1, -0.05) is 72.4 Å². The van der Waals surface area contributed by atoms with Gasteiger partial charge >= 0.3 is 0 Å². The summed E-state index contributed by atoms with van der Waals surface area (Å²) in [5.41, 5.74) is 3.51. The second-order valence-corrected chi connectivity index (χ2v) is 6.18. The number of nitrogens with zero attached hydrogens (tertiary/aromatic N) is 2. The van der Waals surface area contributed by atoms with Crippen molar-refractivity contribution in [2.45, 2.75) is 18.6 Å². The van der Waals surface area contributed by atoms with Crippen LogP contribution in [-0.4, -0.2) is 16.0 Å². The third-order valence-corrected chi connectivity index (χ3v) is 4.31. The zero-order valence-corrected chi connectivity index (χ0v) is 12.2. The molecule has 0 spiro atoms. The highest BCUT2D eigenvalue weighted by atomic mass is 32.2. The van der Waals surface area contributed by atoms with E-state index >= 15 is 0 Å². The molecular formula is C17H16N2S. The lowest BCUT2D eigenvalue weighted by Gasteiger charge is -2.18. The Hall–Kier alpha value is -1.87. The predicted molar refractivity (Wildman–Crippen MR) is 87.6 cm³/mol. The summed E-state index contributed by atoms with van der Waals surface area (Å²) in [4.78, 5) is 0. The molecule has 2 nitrogen and oxygen atoms in total. The molecule has 0 fully saturated rings. The molecule has 1 unspecified atom stereocenters. The summed E-state index contributed by atoms with van der Waals surface area (Å²) < 4.78 is 0. The van der Waals surface area contributed by atoms with Crippen LogP contribution in [0.3, 0.4) is 0 Å². The zero-order chi connectivity index (χ0) is 13.8. The van der Waals surface area contributed by atoms with E-state index in [9.17, 15) is 0 Å². The van der Waals surface area contributed by atoms with E-state index in [1.165, 1.54) is 5.56 Å². The van der Waals surface area contributed by atoms with Gasteiger partial charge in [0.2, 0.25) is 0 Å². The summed E-state index contributed by atoms with van der Waals surface area (Å²) in [5.74, 6) is 0. The van der Waals surface area contributed by atoms with Crippen molar-refractivity contribution in [3.8, 4) is 0 Å². The van der Waals surface area contributed by atoms with Crippen molar-refractivity contribution in [3.63, 3.8) is 0 Å². The van der Waals surface area contributed by atoms with Crippen LogP contribution in [0, 0.1) is 0 Å². The lowest BCUT2D eigenvalue weighted by Crippen LogP contribution is -2.21. The SMILES string of the molecule is CC1SC(Cc2ccccc2)=NN=C1c1ccccc1. The molecule has 0 aliphatic carbocycles. The van der Waals surface area contributed by atoms with E-state index in [0.29, 0.717) is 5.25 Å². The van der Waals surface area contributed by atoms with Crippen LogP contribution in [0.1, 0.15) is 18.1 Å². The summed E-state index contributed by atoms with van der Waals surface area (Å²) in [7, 11) is 0. The smallest absolute Gasteiger partial charge is 0.101 e. The van der Waals surface area contributed by atoms with Gasteiger partial charge in [0.25, 0.3) is 0 Å². The van der Waals surface area contributed by atoms with E-state index in [2.05, 4.69) is 53.5 Å². The molecule has 0 saturated heterocycles. The molecule has 0 N–H and O–H groups in total. The summed E-state index contributed by atoms with van der Waals surface area (Å²) in [6, 6.07) is 20.7. The van der Waals surface area contributed by atoms with Crippen LogP contribution < -0.4 is 0 Å². The van der Waals surface area contributed by atoms with Gasteiger partial charge in [-0.2, -0.15) is 5.10 Å². The van der Waals surface area contributed by atoms with Gasteiger partial charge < -0.3 is 0 Å². The van der Waals surface area contributed by atoms with E-state index < -0.39 is 0 Å². The first-order valence-corrected chi connectivity index (χ1v) is 7.61. The van der Waals surface area contributed by atoms with Crippen LogP contribution in [0.4, 0.5) is 0 Å². The minimum Gasteiger partial charge on any atom is -0.153 e. The van der Waals surface area contributed by atoms with Gasteiger partial charge in [0.15, 0.2) is 0 Å². The Morgan fingerprint density at radius 2 is 1.55 bits per heavy atom. The lowest BCUT2D eigenvalue weighted by atomic mass is 10.1. The van der Waals surface area contributed by atoms with E-state index in [0.717, 1.165) is 22.7 Å². The van der Waals surface area contributed by atoms with Gasteiger partial charge in [-0.15, -0.1) is 5.10 Å². The molecule has 0 aromatic heterocycles. The number of rotatable bonds is 3. The first kappa shape index (κ1) is 13.1. The Labute approximate surface area is 123 Å². The highest BCUT2D eigenvalue weighted by Crippen LogP contribution is 2.25. The zero-order valence-electron chi connectivity index (χ0n) is 11.4. The Balaban J connectivity index is 1.80. The fourth-order valence-electron chi connectivity index (χ4n) is 2.22. The fraction of sp³-hybridized carbons (Fsp3) is 0.176. The average molecular weight is 280 g/mol. The van der Waals surface area contributed by atoms with Crippen LogP contribution >= 0.6 is 11.8 Å². The second kappa shape index (κ2) is 6.06. The van der Waals surface area contributed by atoms with Crippen LogP contribution in [0.2, 0.25) is 0 Å². The van der Waals surface area contributed by atoms with Gasteiger partial charge in [0.1, 0.15) is 5.04 Å². The van der Waals surface area contributed by atoms with Gasteiger partial charge in [0.05, 0.1) is 11.0 Å². The molecule has 100 valence electrons. The molecule has 0 bridgehead atoms. The molecule has 1 atom stereocenters. The van der Waals surface area contributed by atoms with Crippen molar-refractivity contribution in [1.82, 2.24) is 0 Å². The van der Waals surface area contributed by atoms with Crippen molar-refractivity contribution in [1.29, 1.82) is 0 Å². The first-order chi connectivity index (χ1) is 9.83. The van der Waals surface area contributed by atoms with Crippen molar-refractivity contribution >= 4 is 22.5 Å². The third kappa shape index (κ3) is 2.99. The average Bonchev–Trinajstić information content (AvgIpc) is 2.49. The molecule has 0 radical (unpaired) electrons. The van der Waals surface area contributed by atoms with Gasteiger partial charge in [0, 0.05) is 6.42 Å².